The van der Waals surface area contributed by atoms with Crippen LogP contribution in [0.4, 0.5) is 0 Å². The van der Waals surface area contributed by atoms with E-state index in [4.69, 9.17) is 0 Å². The Bertz CT molecular complexity index is 255. The van der Waals surface area contributed by atoms with Gasteiger partial charge in [-0.1, -0.05) is 45.4 Å². The molecule has 0 saturated heterocycles. The van der Waals surface area contributed by atoms with Gasteiger partial charge in [-0.25, -0.2) is 0 Å². The summed E-state index contributed by atoms with van der Waals surface area (Å²) >= 11 is 0. The van der Waals surface area contributed by atoms with E-state index < -0.39 is 0 Å². The van der Waals surface area contributed by atoms with Crippen LogP contribution in [-0.2, 0) is 0 Å². The van der Waals surface area contributed by atoms with Gasteiger partial charge in [0.25, 0.3) is 0 Å². The lowest BCUT2D eigenvalue weighted by molar-refractivity contribution is 0.194. The van der Waals surface area contributed by atoms with Crippen LogP contribution in [0.3, 0.4) is 0 Å². The van der Waals surface area contributed by atoms with Crippen molar-refractivity contribution in [2.45, 2.75) is 77.6 Å². The number of hydrogen-bond donors (Lipinski definition) is 1. The normalized spacial score (nSPS) is 46.1. The van der Waals surface area contributed by atoms with E-state index in [1.165, 1.54) is 25.7 Å². The van der Waals surface area contributed by atoms with E-state index in [2.05, 4.69) is 6.92 Å². The maximum Gasteiger partial charge on any atom is 0 e. The van der Waals surface area contributed by atoms with Crippen molar-refractivity contribution in [1.29, 1.82) is 0 Å². The minimum Gasteiger partial charge on any atom is -0.344 e. The highest BCUT2D eigenvalue weighted by Crippen LogP contribution is 2.51. The summed E-state index contributed by atoms with van der Waals surface area (Å²) in [6.07, 6.45) is 17.1. The molecule has 102 valence electrons. The zero-order valence-electron chi connectivity index (χ0n) is 11.7. The molecule has 17 heavy (non-hydrogen) atoms. The van der Waals surface area contributed by atoms with Crippen LogP contribution in [0.5, 0.6) is 0 Å². The molecule has 0 amide bonds. The van der Waals surface area contributed by atoms with E-state index >= 15 is 0 Å². The molecule has 1 nitrogen and oxygen atoms in total. The molecule has 3 rings (SSSR count). The van der Waals surface area contributed by atoms with Gasteiger partial charge in [-0.15, -0.1) is 0 Å². The average molecular weight is 239 g/mol. The van der Waals surface area contributed by atoms with Crippen LogP contribution in [0.15, 0.2) is 0 Å². The number of hydrogen-bond acceptors (Lipinski definition) is 1. The van der Waals surface area contributed by atoms with E-state index in [9.17, 15) is 0 Å². The van der Waals surface area contributed by atoms with Crippen molar-refractivity contribution in [3.05, 3.63) is 0 Å². The first-order chi connectivity index (χ1) is 7.75. The first kappa shape index (κ1) is 13.4. The molecule has 0 aliphatic heterocycles. The second-order valence-corrected chi connectivity index (χ2v) is 7.35. The quantitative estimate of drug-likeness (QED) is 0.588. The summed E-state index contributed by atoms with van der Waals surface area (Å²) in [4.78, 5) is 0. The van der Waals surface area contributed by atoms with Gasteiger partial charge in [-0.2, -0.15) is 0 Å². The van der Waals surface area contributed by atoms with E-state index in [0.29, 0.717) is 0 Å². The second-order valence-electron chi connectivity index (χ2n) is 7.35. The molecule has 0 aromatic carbocycles. The van der Waals surface area contributed by atoms with Crippen molar-refractivity contribution in [3.63, 3.8) is 0 Å². The maximum atomic E-state index is 2.60. The van der Waals surface area contributed by atoms with Gasteiger partial charge in [0.2, 0.25) is 0 Å². The molecule has 3 aliphatic carbocycles. The largest absolute Gasteiger partial charge is 0.344 e. The molecule has 0 heterocycles. The minimum atomic E-state index is 0. The van der Waals surface area contributed by atoms with Crippen LogP contribution in [0, 0.1) is 23.2 Å². The molecule has 0 spiro atoms. The third-order valence-electron chi connectivity index (χ3n) is 6.01. The Morgan fingerprint density at radius 2 is 1.65 bits per heavy atom. The van der Waals surface area contributed by atoms with Crippen molar-refractivity contribution in [3.8, 4) is 0 Å². The highest BCUT2D eigenvalue weighted by atomic mass is 14.4. The minimum absolute atomic E-state index is 0. The average Bonchev–Trinajstić information content (AvgIpc) is 2.48. The maximum absolute atomic E-state index is 2.60. The second kappa shape index (κ2) is 5.30. The fourth-order valence-electron chi connectivity index (χ4n) is 5.01. The first-order valence-corrected chi connectivity index (χ1v) is 7.75. The lowest BCUT2D eigenvalue weighted by atomic mass is 9.74. The van der Waals surface area contributed by atoms with Gasteiger partial charge in [-0.05, 0) is 55.3 Å². The van der Waals surface area contributed by atoms with E-state index in [-0.39, 0.29) is 7.58 Å². The van der Waals surface area contributed by atoms with Gasteiger partial charge in [0.1, 0.15) is 0 Å². The van der Waals surface area contributed by atoms with Crippen molar-refractivity contribution in [2.24, 2.45) is 23.2 Å². The van der Waals surface area contributed by atoms with Crippen molar-refractivity contribution in [2.75, 3.05) is 0 Å². The molecule has 3 N–H and O–H groups in total. The summed E-state index contributed by atoms with van der Waals surface area (Å²) < 4.78 is 0. The fraction of sp³-hybridized carbons (Fsp3) is 1.00. The van der Waals surface area contributed by atoms with Gasteiger partial charge < -0.3 is 6.15 Å². The Hall–Kier alpha value is -0.0400. The first-order valence-electron chi connectivity index (χ1n) is 7.75. The smallest absolute Gasteiger partial charge is 0 e. The van der Waals surface area contributed by atoms with Crippen LogP contribution >= 0.6 is 0 Å². The third kappa shape index (κ3) is 2.86. The Kier molecular flexibility index (Phi) is 4.18. The molecule has 0 radical (unpaired) electrons. The summed E-state index contributed by atoms with van der Waals surface area (Å²) in [7, 11) is 0. The number of fused-ring (bicyclic) bond motifs is 2. The molecule has 3 saturated carbocycles. The zero-order chi connectivity index (χ0) is 11.0. The van der Waals surface area contributed by atoms with E-state index in [0.717, 1.165) is 23.2 Å². The molecule has 0 aromatic heterocycles. The van der Waals surface area contributed by atoms with Crippen molar-refractivity contribution < 1.29 is 1.43 Å². The fourth-order valence-corrected chi connectivity index (χ4v) is 5.01. The SMILES string of the molecule is CC12CCCC3CCCCC(CC1)CC3C2.N.[HH]. The lowest BCUT2D eigenvalue weighted by Crippen LogP contribution is -2.21. The molecular weight excluding hydrogens is 206 g/mol. The topological polar surface area (TPSA) is 35.0 Å². The van der Waals surface area contributed by atoms with Gasteiger partial charge in [-0.3, -0.25) is 0 Å². The molecule has 4 unspecified atom stereocenters. The summed E-state index contributed by atoms with van der Waals surface area (Å²) in [6, 6.07) is 0. The summed E-state index contributed by atoms with van der Waals surface area (Å²) in [6.45, 7) is 2.60. The van der Waals surface area contributed by atoms with Crippen LogP contribution in [-0.4, -0.2) is 0 Å². The summed E-state index contributed by atoms with van der Waals surface area (Å²) in [5.74, 6) is 3.33. The zero-order valence-corrected chi connectivity index (χ0v) is 11.7. The Labute approximate surface area is 109 Å². The Morgan fingerprint density at radius 3 is 2.53 bits per heavy atom. The van der Waals surface area contributed by atoms with Gasteiger partial charge in [0.15, 0.2) is 0 Å². The lowest BCUT2D eigenvalue weighted by Gasteiger charge is -2.31. The van der Waals surface area contributed by atoms with Crippen molar-refractivity contribution >= 4 is 0 Å². The molecule has 3 aliphatic rings. The number of rotatable bonds is 0. The molecule has 1 heteroatoms. The molecule has 4 atom stereocenters. The standard InChI is InChI=1S/C16H28.H3N.H2/c1-16-9-4-7-14-6-3-2-5-13(8-10-16)11-15(14)12-16;;/h13-15H,2-12H2,1H3;1H3;1H. The van der Waals surface area contributed by atoms with Crippen LogP contribution in [0.2, 0.25) is 0 Å². The van der Waals surface area contributed by atoms with Crippen molar-refractivity contribution in [1.82, 2.24) is 6.15 Å². The molecule has 0 aromatic rings. The predicted molar refractivity (Wildman–Crippen MR) is 76.5 cm³/mol. The highest BCUT2D eigenvalue weighted by molar-refractivity contribution is 4.90. The highest BCUT2D eigenvalue weighted by Gasteiger charge is 2.39. The van der Waals surface area contributed by atoms with Crippen LogP contribution in [0.1, 0.15) is 79.0 Å². The third-order valence-corrected chi connectivity index (χ3v) is 6.01. The summed E-state index contributed by atoms with van der Waals surface area (Å²) in [5.41, 5.74) is 0.735. The Balaban J connectivity index is 0.000000810. The van der Waals surface area contributed by atoms with Gasteiger partial charge >= 0.3 is 0 Å². The van der Waals surface area contributed by atoms with Crippen LogP contribution in [0.25, 0.3) is 0 Å². The summed E-state index contributed by atoms with van der Waals surface area (Å²) in [5, 5.41) is 0. The van der Waals surface area contributed by atoms with Crippen LogP contribution < -0.4 is 6.15 Å². The van der Waals surface area contributed by atoms with Gasteiger partial charge in [0.05, 0.1) is 0 Å². The van der Waals surface area contributed by atoms with E-state index in [1.54, 1.807) is 44.9 Å². The predicted octanol–water partition coefficient (Wildman–Crippen LogP) is 5.58. The molecule has 3 bridgehead atoms. The Morgan fingerprint density at radius 1 is 0.882 bits per heavy atom. The van der Waals surface area contributed by atoms with Gasteiger partial charge in [0, 0.05) is 1.43 Å². The molecular formula is C16H33N. The molecule has 3 fully saturated rings. The van der Waals surface area contributed by atoms with E-state index in [1.807, 2.05) is 0 Å². The monoisotopic (exact) mass is 239 g/mol.